The standard InChI is InChI=1S/C18H24N4O2/c1-3-4-12-22-18(19-16(20-22)13-24-2)14-7-9-15(10-8-14)21-11-5-6-17(21)23/h7-10H,3-6,11-13H2,1-2H3. The summed E-state index contributed by atoms with van der Waals surface area (Å²) in [5, 5.41) is 4.54. The van der Waals surface area contributed by atoms with Gasteiger partial charge in [0.15, 0.2) is 11.6 Å². The maximum Gasteiger partial charge on any atom is 0.227 e. The Morgan fingerprint density at radius 2 is 2.04 bits per heavy atom. The molecule has 6 nitrogen and oxygen atoms in total. The van der Waals surface area contributed by atoms with Crippen LogP contribution in [-0.2, 0) is 22.7 Å². The topological polar surface area (TPSA) is 60.2 Å². The lowest BCUT2D eigenvalue weighted by atomic mass is 10.2. The van der Waals surface area contributed by atoms with Gasteiger partial charge < -0.3 is 9.64 Å². The summed E-state index contributed by atoms with van der Waals surface area (Å²) in [5.41, 5.74) is 1.97. The van der Waals surface area contributed by atoms with E-state index in [2.05, 4.69) is 17.0 Å². The van der Waals surface area contributed by atoms with E-state index >= 15 is 0 Å². The summed E-state index contributed by atoms with van der Waals surface area (Å²) in [7, 11) is 1.65. The van der Waals surface area contributed by atoms with Crippen molar-refractivity contribution in [1.29, 1.82) is 0 Å². The lowest BCUT2D eigenvalue weighted by Crippen LogP contribution is -2.23. The molecule has 6 heteroatoms. The Bertz CT molecular complexity index is 694. The van der Waals surface area contributed by atoms with E-state index in [0.717, 1.165) is 49.4 Å². The predicted octanol–water partition coefficient (Wildman–Crippen LogP) is 3.02. The van der Waals surface area contributed by atoms with Crippen LogP contribution in [-0.4, -0.2) is 34.3 Å². The van der Waals surface area contributed by atoms with E-state index in [1.807, 2.05) is 33.8 Å². The Balaban J connectivity index is 1.85. The number of carbonyl (C=O) groups excluding carboxylic acids is 1. The Morgan fingerprint density at radius 1 is 1.25 bits per heavy atom. The summed E-state index contributed by atoms with van der Waals surface area (Å²) in [6.07, 6.45) is 3.75. The minimum Gasteiger partial charge on any atom is -0.377 e. The van der Waals surface area contributed by atoms with Crippen molar-refractivity contribution in [2.75, 3.05) is 18.6 Å². The van der Waals surface area contributed by atoms with Gasteiger partial charge in [0.05, 0.1) is 0 Å². The van der Waals surface area contributed by atoms with E-state index in [0.29, 0.717) is 18.9 Å². The predicted molar refractivity (Wildman–Crippen MR) is 92.7 cm³/mol. The Hall–Kier alpha value is -2.21. The van der Waals surface area contributed by atoms with Gasteiger partial charge in [0.1, 0.15) is 6.61 Å². The van der Waals surface area contributed by atoms with Crippen LogP contribution in [0.25, 0.3) is 11.4 Å². The summed E-state index contributed by atoms with van der Waals surface area (Å²) in [6, 6.07) is 8.02. The number of nitrogens with zero attached hydrogens (tertiary/aromatic N) is 4. The van der Waals surface area contributed by atoms with Gasteiger partial charge in [-0.2, -0.15) is 5.10 Å². The van der Waals surface area contributed by atoms with Crippen LogP contribution in [0.3, 0.4) is 0 Å². The van der Waals surface area contributed by atoms with Crippen molar-refractivity contribution in [2.24, 2.45) is 0 Å². The van der Waals surface area contributed by atoms with Gasteiger partial charge >= 0.3 is 0 Å². The van der Waals surface area contributed by atoms with Crippen molar-refractivity contribution in [2.45, 2.75) is 45.8 Å². The molecule has 0 spiro atoms. The number of aryl methyl sites for hydroxylation is 1. The molecule has 0 atom stereocenters. The minimum atomic E-state index is 0.205. The third-order valence-electron chi connectivity index (χ3n) is 4.22. The monoisotopic (exact) mass is 328 g/mol. The number of hydrogen-bond donors (Lipinski definition) is 0. The highest BCUT2D eigenvalue weighted by molar-refractivity contribution is 5.95. The Labute approximate surface area is 142 Å². The molecule has 0 unspecified atom stereocenters. The van der Waals surface area contributed by atoms with Crippen LogP contribution < -0.4 is 4.90 Å². The number of hydrogen-bond acceptors (Lipinski definition) is 4. The van der Waals surface area contributed by atoms with Crippen LogP contribution in [0.5, 0.6) is 0 Å². The first kappa shape index (κ1) is 16.6. The SMILES string of the molecule is CCCCn1nc(COC)nc1-c1ccc(N2CCCC2=O)cc1. The lowest BCUT2D eigenvalue weighted by Gasteiger charge is -2.15. The summed E-state index contributed by atoms with van der Waals surface area (Å²) >= 11 is 0. The van der Waals surface area contributed by atoms with Crippen molar-refractivity contribution >= 4 is 11.6 Å². The second-order valence-electron chi connectivity index (χ2n) is 6.06. The van der Waals surface area contributed by atoms with Gasteiger partial charge in [0, 0.05) is 37.9 Å². The number of anilines is 1. The Kier molecular flexibility index (Phi) is 5.25. The zero-order chi connectivity index (χ0) is 16.9. The largest absolute Gasteiger partial charge is 0.377 e. The summed E-state index contributed by atoms with van der Waals surface area (Å²) < 4.78 is 7.10. The molecule has 1 aliphatic heterocycles. The highest BCUT2D eigenvalue weighted by atomic mass is 16.5. The smallest absolute Gasteiger partial charge is 0.227 e. The molecule has 0 saturated carbocycles. The third kappa shape index (κ3) is 3.48. The molecule has 0 bridgehead atoms. The van der Waals surface area contributed by atoms with Gasteiger partial charge in [0.2, 0.25) is 5.91 Å². The number of ether oxygens (including phenoxy) is 1. The number of benzene rings is 1. The van der Waals surface area contributed by atoms with Crippen molar-refractivity contribution < 1.29 is 9.53 Å². The fraction of sp³-hybridized carbons (Fsp3) is 0.500. The average molecular weight is 328 g/mol. The molecule has 2 heterocycles. The molecule has 1 fully saturated rings. The molecule has 0 aliphatic carbocycles. The summed E-state index contributed by atoms with van der Waals surface area (Å²) in [4.78, 5) is 18.3. The molecular formula is C18H24N4O2. The average Bonchev–Trinajstić information content (AvgIpc) is 3.20. The van der Waals surface area contributed by atoms with Crippen LogP contribution in [0.1, 0.15) is 38.4 Å². The molecule has 0 N–H and O–H groups in total. The van der Waals surface area contributed by atoms with Gasteiger partial charge in [-0.25, -0.2) is 9.67 Å². The highest BCUT2D eigenvalue weighted by Gasteiger charge is 2.21. The summed E-state index contributed by atoms with van der Waals surface area (Å²) in [5.74, 6) is 1.76. The number of amides is 1. The van der Waals surface area contributed by atoms with Crippen LogP contribution >= 0.6 is 0 Å². The minimum absolute atomic E-state index is 0.205. The number of unbranched alkanes of at least 4 members (excludes halogenated alkanes) is 1. The molecule has 1 aromatic heterocycles. The molecule has 1 saturated heterocycles. The molecule has 128 valence electrons. The van der Waals surface area contributed by atoms with Crippen molar-refractivity contribution in [3.8, 4) is 11.4 Å². The van der Waals surface area contributed by atoms with Crippen LogP contribution in [0, 0.1) is 0 Å². The molecule has 24 heavy (non-hydrogen) atoms. The fourth-order valence-corrected chi connectivity index (χ4v) is 2.97. The quantitative estimate of drug-likeness (QED) is 0.784. The van der Waals surface area contributed by atoms with Crippen molar-refractivity contribution in [3.63, 3.8) is 0 Å². The second kappa shape index (κ2) is 7.57. The lowest BCUT2D eigenvalue weighted by molar-refractivity contribution is -0.117. The summed E-state index contributed by atoms with van der Waals surface area (Å²) in [6.45, 7) is 4.22. The molecule has 1 aromatic carbocycles. The molecule has 2 aromatic rings. The normalized spacial score (nSPS) is 14.6. The van der Waals surface area contributed by atoms with E-state index < -0.39 is 0 Å². The van der Waals surface area contributed by atoms with E-state index in [9.17, 15) is 4.79 Å². The van der Waals surface area contributed by atoms with Gasteiger partial charge in [-0.1, -0.05) is 13.3 Å². The number of methoxy groups -OCH3 is 1. The number of rotatable bonds is 7. The van der Waals surface area contributed by atoms with Gasteiger partial charge in [-0.05, 0) is 37.1 Å². The Morgan fingerprint density at radius 3 is 2.67 bits per heavy atom. The molecule has 3 rings (SSSR count). The molecule has 1 amide bonds. The van der Waals surface area contributed by atoms with Crippen molar-refractivity contribution in [1.82, 2.24) is 14.8 Å². The fourth-order valence-electron chi connectivity index (χ4n) is 2.97. The first-order valence-electron chi connectivity index (χ1n) is 8.56. The van der Waals surface area contributed by atoms with Crippen LogP contribution in [0.2, 0.25) is 0 Å². The maximum atomic E-state index is 11.9. The molecule has 1 aliphatic rings. The first-order chi connectivity index (χ1) is 11.7. The van der Waals surface area contributed by atoms with Crippen LogP contribution in [0.15, 0.2) is 24.3 Å². The number of aromatic nitrogens is 3. The first-order valence-corrected chi connectivity index (χ1v) is 8.56. The van der Waals surface area contributed by atoms with Gasteiger partial charge in [-0.15, -0.1) is 0 Å². The zero-order valence-electron chi connectivity index (χ0n) is 14.4. The van der Waals surface area contributed by atoms with Gasteiger partial charge in [-0.3, -0.25) is 4.79 Å². The number of carbonyl (C=O) groups is 1. The van der Waals surface area contributed by atoms with Crippen molar-refractivity contribution in [3.05, 3.63) is 30.1 Å². The van der Waals surface area contributed by atoms with E-state index in [4.69, 9.17) is 4.74 Å². The van der Waals surface area contributed by atoms with Crippen LogP contribution in [0.4, 0.5) is 5.69 Å². The highest BCUT2D eigenvalue weighted by Crippen LogP contribution is 2.25. The molecular weight excluding hydrogens is 304 g/mol. The zero-order valence-corrected chi connectivity index (χ0v) is 14.4. The van der Waals surface area contributed by atoms with Gasteiger partial charge in [0.25, 0.3) is 0 Å². The van der Waals surface area contributed by atoms with E-state index in [-0.39, 0.29) is 5.91 Å². The van der Waals surface area contributed by atoms with E-state index in [1.165, 1.54) is 0 Å². The van der Waals surface area contributed by atoms with E-state index in [1.54, 1.807) is 7.11 Å². The second-order valence-corrected chi connectivity index (χ2v) is 6.06. The maximum absolute atomic E-state index is 11.9. The molecule has 0 radical (unpaired) electrons. The third-order valence-corrected chi connectivity index (χ3v) is 4.22.